The van der Waals surface area contributed by atoms with Gasteiger partial charge in [0.2, 0.25) is 5.91 Å². The summed E-state index contributed by atoms with van der Waals surface area (Å²) in [6.45, 7) is 6.64. The summed E-state index contributed by atoms with van der Waals surface area (Å²) >= 11 is 0. The van der Waals surface area contributed by atoms with Crippen LogP contribution in [-0.2, 0) is 24.7 Å². The fraction of sp³-hybridized carbons (Fsp3) is 0.391. The predicted molar refractivity (Wildman–Crippen MR) is 110 cm³/mol. The number of nitrogens with one attached hydrogen (secondary N) is 1. The summed E-state index contributed by atoms with van der Waals surface area (Å²) in [5.41, 5.74) is 5.78. The van der Waals surface area contributed by atoms with E-state index in [1.165, 1.54) is 11.3 Å². The second-order valence-corrected chi connectivity index (χ2v) is 8.77. The van der Waals surface area contributed by atoms with E-state index < -0.39 is 0 Å². The summed E-state index contributed by atoms with van der Waals surface area (Å²) in [7, 11) is 1.97. The van der Waals surface area contributed by atoms with Gasteiger partial charge in [-0.05, 0) is 48.4 Å². The quantitative estimate of drug-likeness (QED) is 0.751. The number of rotatable bonds is 4. The molecular weight excluding hydrogens is 348 g/mol. The molecule has 5 nitrogen and oxygen atoms in total. The maximum atomic E-state index is 12.7. The standard InChI is InChI=1S/C23H28N4O/c1-16-7-5-6-8-20(16)27-21-13-23(2,3)12-19(18(21)14-24-27)25-22(28)11-17-9-10-26(4)15-17/h5-10,14-15,19H,11-13H2,1-4H3,(H,25,28)/t19-/m0/s1. The second-order valence-electron chi connectivity index (χ2n) is 8.77. The zero-order valence-electron chi connectivity index (χ0n) is 17.1. The molecule has 0 unspecified atom stereocenters. The van der Waals surface area contributed by atoms with Crippen LogP contribution in [-0.4, -0.2) is 20.3 Å². The third-order valence-corrected chi connectivity index (χ3v) is 5.62. The zero-order valence-corrected chi connectivity index (χ0v) is 17.1. The Hall–Kier alpha value is -2.82. The van der Waals surface area contributed by atoms with Crippen molar-refractivity contribution in [2.45, 2.75) is 46.1 Å². The number of hydrogen-bond donors (Lipinski definition) is 1. The molecule has 1 atom stereocenters. The number of aromatic nitrogens is 3. The van der Waals surface area contributed by atoms with Crippen LogP contribution in [0, 0.1) is 12.3 Å². The molecule has 2 aromatic heterocycles. The highest BCUT2D eigenvalue weighted by Crippen LogP contribution is 2.41. The lowest BCUT2D eigenvalue weighted by molar-refractivity contribution is -0.121. The van der Waals surface area contributed by atoms with Gasteiger partial charge < -0.3 is 9.88 Å². The van der Waals surface area contributed by atoms with Gasteiger partial charge in [0.05, 0.1) is 30.0 Å². The Morgan fingerprint density at radius 1 is 1.29 bits per heavy atom. The van der Waals surface area contributed by atoms with Crippen molar-refractivity contribution in [1.82, 2.24) is 19.7 Å². The van der Waals surface area contributed by atoms with E-state index in [-0.39, 0.29) is 17.4 Å². The molecule has 0 fully saturated rings. The minimum Gasteiger partial charge on any atom is -0.357 e. The van der Waals surface area contributed by atoms with Crippen molar-refractivity contribution in [2.75, 3.05) is 0 Å². The van der Waals surface area contributed by atoms with Crippen LogP contribution in [0.2, 0.25) is 0 Å². The largest absolute Gasteiger partial charge is 0.357 e. The van der Waals surface area contributed by atoms with Crippen molar-refractivity contribution in [1.29, 1.82) is 0 Å². The van der Waals surface area contributed by atoms with Crippen LogP contribution in [0.1, 0.15) is 48.7 Å². The first-order valence-corrected chi connectivity index (χ1v) is 9.85. The molecule has 146 valence electrons. The van der Waals surface area contributed by atoms with Crippen LogP contribution in [0.5, 0.6) is 0 Å². The van der Waals surface area contributed by atoms with Crippen molar-refractivity contribution in [3.63, 3.8) is 0 Å². The fourth-order valence-electron chi connectivity index (χ4n) is 4.28. The molecule has 0 spiro atoms. The first-order chi connectivity index (χ1) is 13.3. The Kier molecular flexibility index (Phi) is 4.61. The van der Waals surface area contributed by atoms with Gasteiger partial charge in [0.1, 0.15) is 0 Å². The van der Waals surface area contributed by atoms with Gasteiger partial charge >= 0.3 is 0 Å². The number of carbonyl (C=O) groups is 1. The summed E-state index contributed by atoms with van der Waals surface area (Å²) in [4.78, 5) is 12.7. The van der Waals surface area contributed by atoms with E-state index in [1.807, 2.05) is 48.4 Å². The van der Waals surface area contributed by atoms with Crippen molar-refractivity contribution in [3.05, 3.63) is 71.3 Å². The van der Waals surface area contributed by atoms with Gasteiger partial charge in [0.25, 0.3) is 0 Å². The van der Waals surface area contributed by atoms with Gasteiger partial charge in [-0.3, -0.25) is 4.79 Å². The average Bonchev–Trinajstić information content (AvgIpc) is 3.20. The Morgan fingerprint density at radius 3 is 2.79 bits per heavy atom. The van der Waals surface area contributed by atoms with Crippen LogP contribution in [0.25, 0.3) is 5.69 Å². The van der Waals surface area contributed by atoms with Crippen LogP contribution in [0.3, 0.4) is 0 Å². The van der Waals surface area contributed by atoms with E-state index in [0.717, 1.165) is 29.7 Å². The molecule has 0 saturated heterocycles. The van der Waals surface area contributed by atoms with Gasteiger partial charge in [-0.2, -0.15) is 5.10 Å². The number of benzene rings is 1. The van der Waals surface area contributed by atoms with Crippen LogP contribution in [0.4, 0.5) is 0 Å². The van der Waals surface area contributed by atoms with E-state index in [1.54, 1.807) is 0 Å². The Morgan fingerprint density at radius 2 is 2.07 bits per heavy atom. The lowest BCUT2D eigenvalue weighted by Gasteiger charge is -2.36. The van der Waals surface area contributed by atoms with Crippen molar-refractivity contribution in [2.24, 2.45) is 12.5 Å². The van der Waals surface area contributed by atoms with Gasteiger partial charge in [0.15, 0.2) is 0 Å². The van der Waals surface area contributed by atoms with Gasteiger partial charge in [0, 0.05) is 25.0 Å². The fourth-order valence-corrected chi connectivity index (χ4v) is 4.28. The predicted octanol–water partition coefficient (Wildman–Crippen LogP) is 3.89. The van der Waals surface area contributed by atoms with E-state index in [9.17, 15) is 4.79 Å². The third-order valence-electron chi connectivity index (χ3n) is 5.62. The van der Waals surface area contributed by atoms with Crippen molar-refractivity contribution < 1.29 is 4.79 Å². The minimum absolute atomic E-state index is 0.00673. The summed E-state index contributed by atoms with van der Waals surface area (Å²) in [6.07, 6.45) is 8.16. The lowest BCUT2D eigenvalue weighted by atomic mass is 9.74. The smallest absolute Gasteiger partial charge is 0.224 e. The molecule has 1 N–H and O–H groups in total. The van der Waals surface area contributed by atoms with E-state index >= 15 is 0 Å². The number of aryl methyl sites for hydroxylation is 2. The Labute approximate surface area is 166 Å². The molecule has 4 rings (SSSR count). The molecule has 1 aliphatic carbocycles. The van der Waals surface area contributed by atoms with Crippen LogP contribution in [0.15, 0.2) is 48.9 Å². The number of amides is 1. The van der Waals surface area contributed by atoms with Gasteiger partial charge in [-0.25, -0.2) is 4.68 Å². The average molecular weight is 377 g/mol. The monoisotopic (exact) mass is 376 g/mol. The van der Waals surface area contributed by atoms with Crippen molar-refractivity contribution in [3.8, 4) is 5.69 Å². The number of para-hydroxylation sites is 1. The molecule has 0 radical (unpaired) electrons. The summed E-state index contributed by atoms with van der Waals surface area (Å²) in [5, 5.41) is 7.97. The number of nitrogens with zero attached hydrogens (tertiary/aromatic N) is 3. The zero-order chi connectivity index (χ0) is 19.9. The lowest BCUT2D eigenvalue weighted by Crippen LogP contribution is -2.37. The summed E-state index contributed by atoms with van der Waals surface area (Å²) in [6, 6.07) is 10.3. The maximum absolute atomic E-state index is 12.7. The molecule has 5 heteroatoms. The molecule has 2 heterocycles. The first kappa shape index (κ1) is 18.5. The SMILES string of the molecule is Cc1ccccc1-n1ncc2c1CC(C)(C)C[C@@H]2NC(=O)Cc1ccn(C)c1. The maximum Gasteiger partial charge on any atom is 0.224 e. The van der Waals surface area contributed by atoms with Crippen LogP contribution < -0.4 is 5.32 Å². The van der Waals surface area contributed by atoms with Gasteiger partial charge in [-0.1, -0.05) is 32.0 Å². The number of hydrogen-bond acceptors (Lipinski definition) is 2. The summed E-state index contributed by atoms with van der Waals surface area (Å²) < 4.78 is 4.03. The van der Waals surface area contributed by atoms with Crippen molar-refractivity contribution >= 4 is 5.91 Å². The molecule has 0 bridgehead atoms. The highest BCUT2D eigenvalue weighted by Gasteiger charge is 2.36. The van der Waals surface area contributed by atoms with Gasteiger partial charge in [-0.15, -0.1) is 0 Å². The molecule has 0 saturated carbocycles. The molecule has 1 aliphatic rings. The highest BCUT2D eigenvalue weighted by molar-refractivity contribution is 5.79. The van der Waals surface area contributed by atoms with E-state index in [4.69, 9.17) is 5.10 Å². The normalized spacial score (nSPS) is 17.9. The summed E-state index contributed by atoms with van der Waals surface area (Å²) in [5.74, 6) is 0.0588. The topological polar surface area (TPSA) is 51.9 Å². The molecule has 28 heavy (non-hydrogen) atoms. The Bertz CT molecular complexity index is 1010. The second kappa shape index (κ2) is 6.97. The highest BCUT2D eigenvalue weighted by atomic mass is 16.1. The molecule has 1 amide bonds. The van der Waals surface area contributed by atoms with E-state index in [0.29, 0.717) is 6.42 Å². The number of fused-ring (bicyclic) bond motifs is 1. The molecule has 3 aromatic rings. The molecule has 0 aliphatic heterocycles. The third kappa shape index (κ3) is 3.61. The molecule has 1 aromatic carbocycles. The van der Waals surface area contributed by atoms with Crippen LogP contribution >= 0.6 is 0 Å². The molecular formula is C23H28N4O. The van der Waals surface area contributed by atoms with E-state index in [2.05, 4.69) is 42.9 Å². The minimum atomic E-state index is -0.00673. The Balaban J connectivity index is 1.62. The number of carbonyl (C=O) groups excluding carboxylic acids is 1. The first-order valence-electron chi connectivity index (χ1n) is 9.85.